The van der Waals surface area contributed by atoms with Crippen LogP contribution < -0.4 is 0 Å². The number of rotatable bonds is 3. The molecule has 6 heteroatoms. The Morgan fingerprint density at radius 2 is 1.70 bits per heavy atom. The summed E-state index contributed by atoms with van der Waals surface area (Å²) in [5.41, 5.74) is -0.492. The van der Waals surface area contributed by atoms with E-state index in [2.05, 4.69) is 4.90 Å². The second-order valence-electron chi connectivity index (χ2n) is 6.62. The van der Waals surface area contributed by atoms with Crippen LogP contribution in [0.3, 0.4) is 0 Å². The van der Waals surface area contributed by atoms with Crippen LogP contribution in [0, 0.1) is 0 Å². The first-order chi connectivity index (χ1) is 9.12. The average molecular weight is 285 g/mol. The minimum Gasteiger partial charge on any atom is -0.480 e. The monoisotopic (exact) mass is 285 g/mol. The first kappa shape index (κ1) is 16.8. The van der Waals surface area contributed by atoms with E-state index in [1.807, 2.05) is 34.9 Å². The fraction of sp³-hybridized carbons (Fsp3) is 0.857. The van der Waals surface area contributed by atoms with Crippen molar-refractivity contribution in [3.05, 3.63) is 0 Å². The molecule has 2 amide bonds. The van der Waals surface area contributed by atoms with Gasteiger partial charge in [-0.3, -0.25) is 4.79 Å². The van der Waals surface area contributed by atoms with Crippen LogP contribution in [0.4, 0.5) is 4.79 Å². The lowest BCUT2D eigenvalue weighted by Crippen LogP contribution is -2.56. The smallest absolute Gasteiger partial charge is 0.323 e. The highest BCUT2D eigenvalue weighted by atomic mass is 16.4. The number of likely N-dealkylation sites (tertiary alicyclic amines) is 1. The second-order valence-corrected chi connectivity index (χ2v) is 6.62. The van der Waals surface area contributed by atoms with Gasteiger partial charge in [-0.25, -0.2) is 4.79 Å². The lowest BCUT2D eigenvalue weighted by atomic mass is 10.0. The summed E-state index contributed by atoms with van der Waals surface area (Å²) in [6, 6.07) is 0.332. The Bertz CT molecular complexity index is 355. The van der Waals surface area contributed by atoms with Crippen LogP contribution in [0.2, 0.25) is 0 Å². The van der Waals surface area contributed by atoms with Crippen molar-refractivity contribution in [3.63, 3.8) is 0 Å². The van der Waals surface area contributed by atoms with Crippen molar-refractivity contribution < 1.29 is 14.7 Å². The maximum Gasteiger partial charge on any atom is 0.323 e. The molecule has 0 aromatic rings. The van der Waals surface area contributed by atoms with E-state index in [-0.39, 0.29) is 12.6 Å². The van der Waals surface area contributed by atoms with Crippen molar-refractivity contribution in [2.75, 3.05) is 33.7 Å². The Balaban J connectivity index is 2.70. The molecule has 1 fully saturated rings. The number of hydrogen-bond acceptors (Lipinski definition) is 3. The quantitative estimate of drug-likeness (QED) is 0.849. The third-order valence-corrected chi connectivity index (χ3v) is 3.80. The summed E-state index contributed by atoms with van der Waals surface area (Å²) in [5.74, 6) is -0.976. The fourth-order valence-electron chi connectivity index (χ4n) is 2.47. The third-order valence-electron chi connectivity index (χ3n) is 3.80. The van der Waals surface area contributed by atoms with Crippen LogP contribution in [0.15, 0.2) is 0 Å². The number of carbonyl (C=O) groups is 2. The highest BCUT2D eigenvalue weighted by Gasteiger charge is 2.33. The molecule has 6 nitrogen and oxygen atoms in total. The van der Waals surface area contributed by atoms with Crippen LogP contribution in [0.25, 0.3) is 0 Å². The summed E-state index contributed by atoms with van der Waals surface area (Å²) in [5, 5.41) is 8.99. The van der Waals surface area contributed by atoms with E-state index >= 15 is 0 Å². The van der Waals surface area contributed by atoms with Gasteiger partial charge in [0.1, 0.15) is 6.54 Å². The summed E-state index contributed by atoms with van der Waals surface area (Å²) in [7, 11) is 4.10. The van der Waals surface area contributed by atoms with Crippen molar-refractivity contribution >= 4 is 12.0 Å². The number of urea groups is 1. The van der Waals surface area contributed by atoms with Gasteiger partial charge in [0.25, 0.3) is 0 Å². The zero-order valence-electron chi connectivity index (χ0n) is 13.2. The maximum atomic E-state index is 12.5. The van der Waals surface area contributed by atoms with Gasteiger partial charge >= 0.3 is 12.0 Å². The second kappa shape index (κ2) is 6.43. The topological polar surface area (TPSA) is 64.1 Å². The van der Waals surface area contributed by atoms with E-state index in [0.29, 0.717) is 19.1 Å². The van der Waals surface area contributed by atoms with Crippen molar-refractivity contribution in [2.24, 2.45) is 0 Å². The fourth-order valence-corrected chi connectivity index (χ4v) is 2.47. The molecular formula is C14H27N3O3. The summed E-state index contributed by atoms with van der Waals surface area (Å²) >= 11 is 0. The van der Waals surface area contributed by atoms with Gasteiger partial charge in [-0.05, 0) is 47.7 Å². The molecule has 0 aliphatic carbocycles. The number of carboxylic acids is 1. The van der Waals surface area contributed by atoms with E-state index in [0.717, 1.165) is 12.8 Å². The largest absolute Gasteiger partial charge is 0.480 e. The number of hydrogen-bond donors (Lipinski definition) is 1. The van der Waals surface area contributed by atoms with Gasteiger partial charge in [0.2, 0.25) is 0 Å². The van der Waals surface area contributed by atoms with Gasteiger partial charge in [0.15, 0.2) is 0 Å². The highest BCUT2D eigenvalue weighted by molar-refractivity contribution is 5.81. The number of amides is 2. The van der Waals surface area contributed by atoms with Gasteiger partial charge in [-0.1, -0.05) is 0 Å². The molecule has 1 N–H and O–H groups in total. The third kappa shape index (κ3) is 4.37. The van der Waals surface area contributed by atoms with Gasteiger partial charge in [-0.15, -0.1) is 0 Å². The average Bonchev–Trinajstić information content (AvgIpc) is 2.33. The van der Waals surface area contributed by atoms with Crippen molar-refractivity contribution in [3.8, 4) is 0 Å². The number of aliphatic carboxylic acids is 1. The predicted molar refractivity (Wildman–Crippen MR) is 77.8 cm³/mol. The molecule has 1 aliphatic heterocycles. The van der Waals surface area contributed by atoms with E-state index < -0.39 is 11.5 Å². The molecule has 0 radical (unpaired) electrons. The summed E-state index contributed by atoms with van der Waals surface area (Å²) in [6.07, 6.45) is 1.87. The zero-order chi connectivity index (χ0) is 15.5. The number of nitrogens with zero attached hydrogens (tertiary/aromatic N) is 3. The van der Waals surface area contributed by atoms with Gasteiger partial charge < -0.3 is 19.8 Å². The molecular weight excluding hydrogens is 258 g/mol. The molecule has 1 aliphatic rings. The zero-order valence-corrected chi connectivity index (χ0v) is 13.2. The van der Waals surface area contributed by atoms with Crippen LogP contribution in [0.5, 0.6) is 0 Å². The molecule has 0 aromatic carbocycles. The van der Waals surface area contributed by atoms with Crippen LogP contribution in [-0.4, -0.2) is 77.1 Å². The Hall–Kier alpha value is -1.30. The van der Waals surface area contributed by atoms with E-state index in [9.17, 15) is 9.59 Å². The van der Waals surface area contributed by atoms with Crippen molar-refractivity contribution in [2.45, 2.75) is 45.2 Å². The molecule has 0 unspecified atom stereocenters. The van der Waals surface area contributed by atoms with Crippen molar-refractivity contribution in [1.29, 1.82) is 0 Å². The first-order valence-electron chi connectivity index (χ1n) is 7.07. The number of piperidine rings is 1. The number of carboxylic acid groups (broad SMARTS) is 1. The van der Waals surface area contributed by atoms with E-state index in [1.165, 1.54) is 4.90 Å². The predicted octanol–water partition coefficient (Wildman–Crippen LogP) is 1.32. The van der Waals surface area contributed by atoms with Crippen LogP contribution in [-0.2, 0) is 4.79 Å². The lowest BCUT2D eigenvalue weighted by molar-refractivity contribution is -0.138. The van der Waals surface area contributed by atoms with Crippen LogP contribution >= 0.6 is 0 Å². The molecule has 0 saturated carbocycles. The molecule has 0 atom stereocenters. The Kier molecular flexibility index (Phi) is 5.39. The standard InChI is InChI=1S/C14H27N3O3/c1-14(2,3)17(10-12(18)19)13(20)16-8-6-11(7-9-16)15(4)5/h11H,6-10H2,1-5H3,(H,18,19). The lowest BCUT2D eigenvalue weighted by Gasteiger charge is -2.41. The van der Waals surface area contributed by atoms with E-state index in [4.69, 9.17) is 5.11 Å². The molecule has 1 heterocycles. The van der Waals surface area contributed by atoms with Crippen molar-refractivity contribution in [1.82, 2.24) is 14.7 Å². The Morgan fingerprint density at radius 1 is 1.20 bits per heavy atom. The SMILES string of the molecule is CN(C)C1CCN(C(=O)N(CC(=O)O)C(C)(C)C)CC1. The number of carbonyl (C=O) groups excluding carboxylic acids is 1. The highest BCUT2D eigenvalue weighted by Crippen LogP contribution is 2.20. The summed E-state index contributed by atoms with van der Waals surface area (Å²) < 4.78 is 0. The van der Waals surface area contributed by atoms with Gasteiger partial charge in [0, 0.05) is 24.7 Å². The summed E-state index contributed by atoms with van der Waals surface area (Å²) in [4.78, 5) is 28.9. The minimum atomic E-state index is -0.976. The first-order valence-corrected chi connectivity index (χ1v) is 7.07. The molecule has 1 saturated heterocycles. The van der Waals surface area contributed by atoms with E-state index in [1.54, 1.807) is 4.90 Å². The normalized spacial score (nSPS) is 17.4. The van der Waals surface area contributed by atoms with Crippen LogP contribution in [0.1, 0.15) is 33.6 Å². The van der Waals surface area contributed by atoms with Gasteiger partial charge in [0.05, 0.1) is 0 Å². The Morgan fingerprint density at radius 3 is 2.05 bits per heavy atom. The molecule has 0 bridgehead atoms. The Labute approximate surface area is 121 Å². The minimum absolute atomic E-state index is 0.169. The molecule has 0 aromatic heterocycles. The molecule has 1 rings (SSSR count). The summed E-state index contributed by atoms with van der Waals surface area (Å²) in [6.45, 7) is 6.71. The molecule has 116 valence electrons. The molecule has 20 heavy (non-hydrogen) atoms. The maximum absolute atomic E-state index is 12.5. The molecule has 0 spiro atoms. The van der Waals surface area contributed by atoms with Gasteiger partial charge in [-0.2, -0.15) is 0 Å².